The Bertz CT molecular complexity index is 1570. The normalized spacial score (nSPS) is 12.1. The van der Waals surface area contributed by atoms with Crippen molar-refractivity contribution in [3.63, 3.8) is 0 Å². The van der Waals surface area contributed by atoms with Gasteiger partial charge in [0.1, 0.15) is 21.7 Å². The number of methoxy groups -OCH3 is 2. The van der Waals surface area contributed by atoms with E-state index in [1.807, 2.05) is 18.4 Å². The van der Waals surface area contributed by atoms with E-state index in [0.29, 0.717) is 22.8 Å². The first-order chi connectivity index (χ1) is 16.8. The first kappa shape index (κ1) is 24.5. The Hall–Kier alpha value is -3.63. The maximum Gasteiger partial charge on any atom is 0.281 e. The molecule has 1 amide bonds. The van der Waals surface area contributed by atoms with Gasteiger partial charge in [0.2, 0.25) is 0 Å². The standard InChI is InChI=1S/C25H25N3O5S2/c1-5-28-22-20(32-3)14-15-21(33-4)23(22)34-25(28)26-24(29)18-8-6-7-9-19(18)27-35(30,31)17-12-10-16(2)11-13-17/h6-15,27H,5H2,1-4H3. The van der Waals surface area contributed by atoms with Crippen molar-refractivity contribution in [2.75, 3.05) is 18.9 Å². The molecule has 0 radical (unpaired) electrons. The van der Waals surface area contributed by atoms with Crippen molar-refractivity contribution in [3.05, 3.63) is 76.6 Å². The second-order valence-corrected chi connectivity index (χ2v) is 10.3. The Morgan fingerprint density at radius 3 is 2.31 bits per heavy atom. The number of amides is 1. The van der Waals surface area contributed by atoms with Crippen molar-refractivity contribution in [1.29, 1.82) is 0 Å². The number of carbonyl (C=O) groups excluding carboxylic acids is 1. The monoisotopic (exact) mass is 511 g/mol. The third-order valence-electron chi connectivity index (χ3n) is 5.44. The van der Waals surface area contributed by atoms with Crippen LogP contribution in [0.2, 0.25) is 0 Å². The maximum atomic E-state index is 13.3. The maximum absolute atomic E-state index is 13.3. The molecule has 0 saturated heterocycles. The minimum Gasteiger partial charge on any atom is -0.495 e. The number of nitrogens with one attached hydrogen (secondary N) is 1. The summed E-state index contributed by atoms with van der Waals surface area (Å²) in [6.45, 7) is 4.36. The number of aromatic nitrogens is 1. The molecule has 0 spiro atoms. The Labute approximate surface area is 207 Å². The number of carbonyl (C=O) groups is 1. The minimum absolute atomic E-state index is 0.106. The summed E-state index contributed by atoms with van der Waals surface area (Å²) in [5.41, 5.74) is 2.02. The van der Waals surface area contributed by atoms with Crippen molar-refractivity contribution < 1.29 is 22.7 Å². The third kappa shape index (κ3) is 4.80. The molecule has 0 unspecified atom stereocenters. The first-order valence-electron chi connectivity index (χ1n) is 10.8. The predicted molar refractivity (Wildman–Crippen MR) is 137 cm³/mol. The van der Waals surface area contributed by atoms with Gasteiger partial charge >= 0.3 is 0 Å². The van der Waals surface area contributed by atoms with Crippen LogP contribution in [0.25, 0.3) is 10.2 Å². The molecule has 8 nitrogen and oxygen atoms in total. The molecule has 1 aromatic heterocycles. The fourth-order valence-corrected chi connectivity index (χ4v) is 5.94. The molecule has 4 rings (SSSR count). The molecular weight excluding hydrogens is 486 g/mol. The first-order valence-corrected chi connectivity index (χ1v) is 13.1. The number of fused-ring (bicyclic) bond motifs is 1. The quantitative estimate of drug-likeness (QED) is 0.391. The number of ether oxygens (including phenoxy) is 2. The van der Waals surface area contributed by atoms with Gasteiger partial charge < -0.3 is 14.0 Å². The van der Waals surface area contributed by atoms with E-state index in [-0.39, 0.29) is 16.1 Å². The number of hydrogen-bond acceptors (Lipinski definition) is 6. The highest BCUT2D eigenvalue weighted by Crippen LogP contribution is 2.35. The molecular formula is C25H25N3O5S2. The lowest BCUT2D eigenvalue weighted by Crippen LogP contribution is -2.18. The number of thiazole rings is 1. The summed E-state index contributed by atoms with van der Waals surface area (Å²) in [4.78, 5) is 18.2. The number of nitrogens with zero attached hydrogens (tertiary/aromatic N) is 2. The van der Waals surface area contributed by atoms with Crippen molar-refractivity contribution >= 4 is 43.2 Å². The molecule has 0 aliphatic rings. The number of rotatable bonds is 7. The van der Waals surface area contributed by atoms with Gasteiger partial charge in [0, 0.05) is 6.54 Å². The molecule has 0 aliphatic carbocycles. The van der Waals surface area contributed by atoms with Gasteiger partial charge in [-0.2, -0.15) is 4.99 Å². The molecule has 0 aliphatic heterocycles. The molecule has 0 saturated carbocycles. The van der Waals surface area contributed by atoms with Crippen LogP contribution in [-0.2, 0) is 16.6 Å². The zero-order valence-electron chi connectivity index (χ0n) is 19.7. The average Bonchev–Trinajstić information content (AvgIpc) is 3.21. The van der Waals surface area contributed by atoms with Crippen molar-refractivity contribution in [3.8, 4) is 11.5 Å². The highest BCUT2D eigenvalue weighted by atomic mass is 32.2. The number of para-hydroxylation sites is 1. The molecule has 0 atom stereocenters. The molecule has 0 bridgehead atoms. The molecule has 3 aromatic carbocycles. The third-order valence-corrected chi connectivity index (χ3v) is 7.91. The molecule has 182 valence electrons. The summed E-state index contributed by atoms with van der Waals surface area (Å²) in [5, 5.41) is 0. The van der Waals surface area contributed by atoms with Gasteiger partial charge in [-0.25, -0.2) is 8.42 Å². The van der Waals surface area contributed by atoms with E-state index < -0.39 is 15.9 Å². The summed E-state index contributed by atoms with van der Waals surface area (Å²) in [6, 6.07) is 16.5. The fraction of sp³-hybridized carbons (Fsp3) is 0.200. The lowest BCUT2D eigenvalue weighted by Gasteiger charge is -2.11. The fourth-order valence-electron chi connectivity index (χ4n) is 3.66. The zero-order chi connectivity index (χ0) is 25.2. The van der Waals surface area contributed by atoms with E-state index >= 15 is 0 Å². The van der Waals surface area contributed by atoms with Crippen LogP contribution in [0.1, 0.15) is 22.8 Å². The predicted octanol–water partition coefficient (Wildman–Crippen LogP) is 4.59. The molecule has 4 aromatic rings. The number of anilines is 1. The van der Waals surface area contributed by atoms with Crippen LogP contribution in [0.3, 0.4) is 0 Å². The van der Waals surface area contributed by atoms with Gasteiger partial charge in [0.25, 0.3) is 15.9 Å². The van der Waals surface area contributed by atoms with Crippen molar-refractivity contribution in [2.45, 2.75) is 25.3 Å². The van der Waals surface area contributed by atoms with E-state index in [2.05, 4.69) is 9.71 Å². The van der Waals surface area contributed by atoms with Gasteiger partial charge in [0.15, 0.2) is 4.80 Å². The van der Waals surface area contributed by atoms with E-state index in [1.54, 1.807) is 62.8 Å². The smallest absolute Gasteiger partial charge is 0.281 e. The number of aryl methyl sites for hydroxylation is 2. The highest BCUT2D eigenvalue weighted by molar-refractivity contribution is 7.92. The van der Waals surface area contributed by atoms with E-state index in [0.717, 1.165) is 15.8 Å². The van der Waals surface area contributed by atoms with E-state index in [4.69, 9.17) is 9.47 Å². The van der Waals surface area contributed by atoms with Gasteiger partial charge in [-0.3, -0.25) is 9.52 Å². The van der Waals surface area contributed by atoms with Gasteiger partial charge in [-0.15, -0.1) is 0 Å². The SMILES string of the molecule is CCn1c(=NC(=O)c2ccccc2NS(=O)(=O)c2ccc(C)cc2)sc2c(OC)ccc(OC)c21. The largest absolute Gasteiger partial charge is 0.495 e. The molecule has 35 heavy (non-hydrogen) atoms. The second-order valence-electron chi connectivity index (χ2n) is 7.66. The summed E-state index contributed by atoms with van der Waals surface area (Å²) in [7, 11) is -0.730. The molecule has 10 heteroatoms. The van der Waals surface area contributed by atoms with E-state index in [9.17, 15) is 13.2 Å². The summed E-state index contributed by atoms with van der Waals surface area (Å²) < 4.78 is 42.1. The van der Waals surface area contributed by atoms with Gasteiger partial charge in [-0.05, 0) is 50.2 Å². The van der Waals surface area contributed by atoms with Crippen molar-refractivity contribution in [2.24, 2.45) is 4.99 Å². The van der Waals surface area contributed by atoms with Crippen LogP contribution in [0.5, 0.6) is 11.5 Å². The molecule has 0 fully saturated rings. The Balaban J connectivity index is 1.79. The van der Waals surface area contributed by atoms with Crippen LogP contribution in [0, 0.1) is 6.92 Å². The molecule has 1 N–H and O–H groups in total. The Morgan fingerprint density at radius 1 is 1.00 bits per heavy atom. The second kappa shape index (κ2) is 9.93. The van der Waals surface area contributed by atoms with Crippen molar-refractivity contribution in [1.82, 2.24) is 4.57 Å². The van der Waals surface area contributed by atoms with Crippen LogP contribution in [0.15, 0.2) is 70.6 Å². The van der Waals surface area contributed by atoms with E-state index in [1.165, 1.54) is 23.5 Å². The Kier molecular flexibility index (Phi) is 6.95. The number of hydrogen-bond donors (Lipinski definition) is 1. The lowest BCUT2D eigenvalue weighted by atomic mass is 10.2. The number of benzene rings is 3. The summed E-state index contributed by atoms with van der Waals surface area (Å²) in [6.07, 6.45) is 0. The highest BCUT2D eigenvalue weighted by Gasteiger charge is 2.20. The van der Waals surface area contributed by atoms with Crippen LogP contribution in [-0.4, -0.2) is 33.1 Å². The van der Waals surface area contributed by atoms with Gasteiger partial charge in [0.05, 0.1) is 30.4 Å². The van der Waals surface area contributed by atoms with Gasteiger partial charge in [-0.1, -0.05) is 41.2 Å². The average molecular weight is 512 g/mol. The number of sulfonamides is 1. The zero-order valence-corrected chi connectivity index (χ0v) is 21.4. The van der Waals surface area contributed by atoms with Crippen LogP contribution in [0.4, 0.5) is 5.69 Å². The van der Waals surface area contributed by atoms with Crippen LogP contribution < -0.4 is 19.0 Å². The summed E-state index contributed by atoms with van der Waals surface area (Å²) >= 11 is 1.30. The molecule has 1 heterocycles. The minimum atomic E-state index is -3.89. The lowest BCUT2D eigenvalue weighted by molar-refractivity contribution is 0.0998. The topological polar surface area (TPSA) is 99.0 Å². The summed E-state index contributed by atoms with van der Waals surface area (Å²) in [5.74, 6) is 0.714. The Morgan fingerprint density at radius 2 is 1.66 bits per heavy atom. The van der Waals surface area contributed by atoms with Crippen LogP contribution >= 0.6 is 11.3 Å².